The van der Waals surface area contributed by atoms with E-state index in [1.54, 1.807) is 14.0 Å². The first-order chi connectivity index (χ1) is 7.48. The zero-order valence-corrected chi connectivity index (χ0v) is 10.6. The highest BCUT2D eigenvalue weighted by atomic mass is 16.4. The van der Waals surface area contributed by atoms with Gasteiger partial charge in [-0.3, -0.25) is 4.79 Å². The molecule has 94 valence electrons. The van der Waals surface area contributed by atoms with E-state index >= 15 is 0 Å². The summed E-state index contributed by atoms with van der Waals surface area (Å²) in [6.45, 7) is 3.31. The van der Waals surface area contributed by atoms with Crippen molar-refractivity contribution in [1.29, 1.82) is 0 Å². The van der Waals surface area contributed by atoms with Gasteiger partial charge in [-0.05, 0) is 39.8 Å². The quantitative estimate of drug-likeness (QED) is 0.716. The average molecular weight is 228 g/mol. The van der Waals surface area contributed by atoms with E-state index in [1.807, 2.05) is 7.05 Å². The molecule has 0 radical (unpaired) electrons. The first-order valence-electron chi connectivity index (χ1n) is 6.09. The molecule has 1 fully saturated rings. The molecule has 1 saturated carbocycles. The summed E-state index contributed by atoms with van der Waals surface area (Å²) in [6.07, 6.45) is 5.27. The second kappa shape index (κ2) is 5.64. The third-order valence-electron chi connectivity index (χ3n) is 3.65. The molecule has 0 amide bonds. The maximum Gasteiger partial charge on any atom is 0.324 e. The summed E-state index contributed by atoms with van der Waals surface area (Å²) >= 11 is 0. The normalized spacial score (nSPS) is 21.2. The summed E-state index contributed by atoms with van der Waals surface area (Å²) in [5.74, 6) is -0.0202. The lowest BCUT2D eigenvalue weighted by Crippen LogP contribution is -2.55. The number of carboxylic acids is 1. The predicted octanol–water partition coefficient (Wildman–Crippen LogP) is 1.17. The molecule has 16 heavy (non-hydrogen) atoms. The van der Waals surface area contributed by atoms with Crippen LogP contribution in [0.5, 0.6) is 0 Å². The Hall–Kier alpha value is -0.610. The van der Waals surface area contributed by atoms with Crippen LogP contribution in [0.25, 0.3) is 0 Å². The van der Waals surface area contributed by atoms with Crippen LogP contribution in [0, 0.1) is 5.92 Å². The number of nitrogens with one attached hydrogen (secondary N) is 1. The fourth-order valence-electron chi connectivity index (χ4n) is 2.49. The molecule has 4 nitrogen and oxygen atoms in total. The highest BCUT2D eigenvalue weighted by Gasteiger charge is 2.33. The molecule has 0 spiro atoms. The Bertz CT molecular complexity index is 239. The number of aliphatic carboxylic acids is 1. The molecule has 0 aliphatic heterocycles. The molecule has 4 heteroatoms. The van der Waals surface area contributed by atoms with Crippen LogP contribution in [0.3, 0.4) is 0 Å². The van der Waals surface area contributed by atoms with Gasteiger partial charge in [0.05, 0.1) is 0 Å². The van der Waals surface area contributed by atoms with Gasteiger partial charge < -0.3 is 15.3 Å². The predicted molar refractivity (Wildman–Crippen MR) is 64.6 cm³/mol. The van der Waals surface area contributed by atoms with Crippen molar-refractivity contribution in [3.05, 3.63) is 0 Å². The van der Waals surface area contributed by atoms with Crippen LogP contribution in [0.2, 0.25) is 0 Å². The van der Waals surface area contributed by atoms with Gasteiger partial charge in [0.1, 0.15) is 5.54 Å². The molecule has 1 rings (SSSR count). The fraction of sp³-hybridized carbons (Fsp3) is 0.917. The molecular formula is C12H24N2O2. The van der Waals surface area contributed by atoms with Crippen molar-refractivity contribution in [2.45, 2.75) is 38.1 Å². The third-order valence-corrected chi connectivity index (χ3v) is 3.65. The smallest absolute Gasteiger partial charge is 0.324 e. The highest BCUT2D eigenvalue weighted by Crippen LogP contribution is 2.25. The number of nitrogens with zero attached hydrogens (tertiary/aromatic N) is 1. The van der Waals surface area contributed by atoms with E-state index < -0.39 is 11.5 Å². The van der Waals surface area contributed by atoms with E-state index in [9.17, 15) is 4.79 Å². The molecule has 1 unspecified atom stereocenters. The van der Waals surface area contributed by atoms with E-state index in [2.05, 4.69) is 10.2 Å². The van der Waals surface area contributed by atoms with E-state index in [0.717, 1.165) is 12.5 Å². The van der Waals surface area contributed by atoms with Crippen LogP contribution < -0.4 is 5.32 Å². The molecule has 2 N–H and O–H groups in total. The topological polar surface area (TPSA) is 52.6 Å². The van der Waals surface area contributed by atoms with Crippen molar-refractivity contribution in [1.82, 2.24) is 10.2 Å². The minimum atomic E-state index is -0.840. The van der Waals surface area contributed by atoms with Crippen molar-refractivity contribution in [2.24, 2.45) is 5.92 Å². The summed E-state index contributed by atoms with van der Waals surface area (Å²) < 4.78 is 0. The van der Waals surface area contributed by atoms with Gasteiger partial charge in [0.2, 0.25) is 0 Å². The minimum absolute atomic E-state index is 0.551. The summed E-state index contributed by atoms with van der Waals surface area (Å²) in [5.41, 5.74) is -0.840. The number of carbonyl (C=O) groups is 1. The maximum absolute atomic E-state index is 11.1. The number of hydrogen-bond acceptors (Lipinski definition) is 3. The zero-order valence-electron chi connectivity index (χ0n) is 10.6. The third kappa shape index (κ3) is 3.46. The standard InChI is InChI=1S/C12H24N2O2/c1-12(13-2,11(15)16)9-14(3)8-10-6-4-5-7-10/h10,13H,4-9H2,1-3H3,(H,15,16). The first kappa shape index (κ1) is 13.5. The van der Waals surface area contributed by atoms with Crippen molar-refractivity contribution >= 4 is 5.97 Å². The number of rotatable bonds is 6. The van der Waals surface area contributed by atoms with E-state index in [0.29, 0.717) is 6.54 Å². The maximum atomic E-state index is 11.1. The van der Waals surface area contributed by atoms with Gasteiger partial charge in [-0.1, -0.05) is 12.8 Å². The van der Waals surface area contributed by atoms with Crippen molar-refractivity contribution in [2.75, 3.05) is 27.2 Å². The fourth-order valence-corrected chi connectivity index (χ4v) is 2.49. The second-order valence-electron chi connectivity index (χ2n) is 5.23. The largest absolute Gasteiger partial charge is 0.480 e. The van der Waals surface area contributed by atoms with E-state index in [1.165, 1.54) is 25.7 Å². The summed E-state index contributed by atoms with van der Waals surface area (Å²) in [7, 11) is 3.72. The monoisotopic (exact) mass is 228 g/mol. The molecule has 1 aliphatic rings. The lowest BCUT2D eigenvalue weighted by atomic mass is 10.0. The molecule has 0 bridgehead atoms. The van der Waals surface area contributed by atoms with Gasteiger partial charge in [0.15, 0.2) is 0 Å². The Morgan fingerprint density at radius 2 is 2.06 bits per heavy atom. The van der Waals surface area contributed by atoms with Gasteiger partial charge >= 0.3 is 5.97 Å². The van der Waals surface area contributed by atoms with Crippen LogP contribution in [-0.2, 0) is 4.79 Å². The Labute approximate surface area is 98.0 Å². The van der Waals surface area contributed by atoms with E-state index in [4.69, 9.17) is 5.11 Å². The van der Waals surface area contributed by atoms with Gasteiger partial charge in [-0.15, -0.1) is 0 Å². The van der Waals surface area contributed by atoms with Crippen LogP contribution in [-0.4, -0.2) is 48.7 Å². The highest BCUT2D eigenvalue weighted by molar-refractivity contribution is 5.78. The summed E-state index contributed by atoms with van der Waals surface area (Å²) in [5, 5.41) is 12.0. The average Bonchev–Trinajstić information content (AvgIpc) is 2.69. The van der Waals surface area contributed by atoms with Crippen molar-refractivity contribution in [3.63, 3.8) is 0 Å². The lowest BCUT2D eigenvalue weighted by molar-refractivity contribution is -0.144. The lowest BCUT2D eigenvalue weighted by Gasteiger charge is -2.31. The zero-order chi connectivity index (χ0) is 12.2. The van der Waals surface area contributed by atoms with Crippen LogP contribution in [0.4, 0.5) is 0 Å². The van der Waals surface area contributed by atoms with Gasteiger partial charge in [-0.25, -0.2) is 0 Å². The van der Waals surface area contributed by atoms with Crippen molar-refractivity contribution in [3.8, 4) is 0 Å². The Morgan fingerprint density at radius 3 is 2.50 bits per heavy atom. The SMILES string of the molecule is CNC(C)(CN(C)CC1CCCC1)C(=O)O. The van der Waals surface area contributed by atoms with Crippen LogP contribution >= 0.6 is 0 Å². The van der Waals surface area contributed by atoms with Crippen molar-refractivity contribution < 1.29 is 9.90 Å². The second-order valence-corrected chi connectivity index (χ2v) is 5.23. The molecule has 0 aromatic carbocycles. The molecule has 0 heterocycles. The van der Waals surface area contributed by atoms with Gasteiger partial charge in [0.25, 0.3) is 0 Å². The Kier molecular flexibility index (Phi) is 4.74. The molecule has 0 aromatic rings. The van der Waals surface area contributed by atoms with Gasteiger partial charge in [0, 0.05) is 13.1 Å². The Morgan fingerprint density at radius 1 is 1.50 bits per heavy atom. The molecule has 0 aromatic heterocycles. The number of carboxylic acid groups (broad SMARTS) is 1. The number of hydrogen-bond donors (Lipinski definition) is 2. The van der Waals surface area contributed by atoms with Gasteiger partial charge in [-0.2, -0.15) is 0 Å². The molecular weight excluding hydrogens is 204 g/mol. The number of likely N-dealkylation sites (N-methyl/N-ethyl adjacent to an activating group) is 2. The summed E-state index contributed by atoms with van der Waals surface area (Å²) in [6, 6.07) is 0. The Balaban J connectivity index is 2.42. The molecule has 1 atom stereocenters. The minimum Gasteiger partial charge on any atom is -0.480 e. The van der Waals surface area contributed by atoms with Crippen LogP contribution in [0.15, 0.2) is 0 Å². The van der Waals surface area contributed by atoms with Crippen LogP contribution in [0.1, 0.15) is 32.6 Å². The molecule has 1 aliphatic carbocycles. The first-order valence-corrected chi connectivity index (χ1v) is 6.09. The molecule has 0 saturated heterocycles. The summed E-state index contributed by atoms with van der Waals surface area (Å²) in [4.78, 5) is 13.3. The van der Waals surface area contributed by atoms with E-state index in [-0.39, 0.29) is 0 Å².